The van der Waals surface area contributed by atoms with Gasteiger partial charge in [0.05, 0.1) is 12.3 Å². The number of pyridine rings is 1. The van der Waals surface area contributed by atoms with E-state index in [0.717, 1.165) is 17.0 Å². The van der Waals surface area contributed by atoms with Crippen molar-refractivity contribution in [3.05, 3.63) is 29.6 Å². The highest BCUT2D eigenvalue weighted by Gasteiger charge is 2.21. The van der Waals surface area contributed by atoms with Crippen molar-refractivity contribution >= 4 is 5.71 Å². The summed E-state index contributed by atoms with van der Waals surface area (Å²) in [5, 5.41) is 12.7. The molecule has 2 rings (SSSR count). The molecule has 0 saturated carbocycles. The Labute approximate surface area is 82.2 Å². The van der Waals surface area contributed by atoms with E-state index in [9.17, 15) is 0 Å². The largest absolute Gasteiger partial charge is 0.392 e. The Kier molecular flexibility index (Phi) is 2.45. The molecule has 1 N–H and O–H groups in total. The zero-order chi connectivity index (χ0) is 9.97. The van der Waals surface area contributed by atoms with Crippen molar-refractivity contribution in [2.75, 3.05) is 6.61 Å². The summed E-state index contributed by atoms with van der Waals surface area (Å²) in [6, 6.07) is 3.90. The van der Waals surface area contributed by atoms with Gasteiger partial charge in [0.15, 0.2) is 6.10 Å². The zero-order valence-electron chi connectivity index (χ0n) is 7.97. The first-order valence-electron chi connectivity index (χ1n) is 4.56. The van der Waals surface area contributed by atoms with E-state index in [4.69, 9.17) is 9.94 Å². The normalized spacial score (nSPS) is 20.4. The predicted octanol–water partition coefficient (Wildman–Crippen LogP) is 0.875. The molecule has 1 atom stereocenters. The van der Waals surface area contributed by atoms with Crippen LogP contribution in [-0.4, -0.2) is 28.5 Å². The zero-order valence-corrected chi connectivity index (χ0v) is 7.97. The Hall–Kier alpha value is -1.42. The summed E-state index contributed by atoms with van der Waals surface area (Å²) in [7, 11) is 0. The van der Waals surface area contributed by atoms with Crippen LogP contribution < -0.4 is 0 Å². The fraction of sp³-hybridized carbons (Fsp3) is 0.400. The minimum absolute atomic E-state index is 0.00113. The van der Waals surface area contributed by atoms with Crippen LogP contribution in [0.5, 0.6) is 0 Å². The van der Waals surface area contributed by atoms with E-state index in [0.29, 0.717) is 6.42 Å². The summed E-state index contributed by atoms with van der Waals surface area (Å²) in [6.45, 7) is 1.99. The number of aliphatic hydroxyl groups is 1. The van der Waals surface area contributed by atoms with Gasteiger partial charge in [-0.25, -0.2) is 0 Å². The van der Waals surface area contributed by atoms with Crippen LogP contribution in [0.1, 0.15) is 17.7 Å². The highest BCUT2D eigenvalue weighted by molar-refractivity contribution is 5.99. The number of rotatable bonds is 2. The van der Waals surface area contributed by atoms with Crippen molar-refractivity contribution in [2.24, 2.45) is 5.16 Å². The van der Waals surface area contributed by atoms with Crippen LogP contribution in [0.4, 0.5) is 0 Å². The second kappa shape index (κ2) is 3.75. The van der Waals surface area contributed by atoms with E-state index in [-0.39, 0.29) is 12.7 Å². The maximum Gasteiger partial charge on any atom is 0.156 e. The fourth-order valence-electron chi connectivity index (χ4n) is 1.32. The number of oxime groups is 1. The van der Waals surface area contributed by atoms with Gasteiger partial charge < -0.3 is 9.94 Å². The van der Waals surface area contributed by atoms with Gasteiger partial charge in [0.1, 0.15) is 5.71 Å². The Morgan fingerprint density at radius 2 is 2.43 bits per heavy atom. The molecule has 1 unspecified atom stereocenters. The third-order valence-corrected chi connectivity index (χ3v) is 2.14. The van der Waals surface area contributed by atoms with Gasteiger partial charge in [-0.05, 0) is 18.6 Å². The lowest BCUT2D eigenvalue weighted by Gasteiger charge is -2.01. The first-order valence-corrected chi connectivity index (χ1v) is 4.56. The average molecular weight is 192 g/mol. The smallest absolute Gasteiger partial charge is 0.156 e. The highest BCUT2D eigenvalue weighted by Crippen LogP contribution is 2.14. The molecule has 14 heavy (non-hydrogen) atoms. The molecule has 1 aliphatic heterocycles. The molecule has 0 bridgehead atoms. The average Bonchev–Trinajstić information content (AvgIpc) is 2.67. The maximum atomic E-state index is 8.86. The lowest BCUT2D eigenvalue weighted by Crippen LogP contribution is -2.13. The SMILES string of the molecule is Cc1ccc(C2=NOC(CO)C2)nc1. The van der Waals surface area contributed by atoms with Crippen LogP contribution in [0.2, 0.25) is 0 Å². The summed E-state index contributed by atoms with van der Waals surface area (Å²) >= 11 is 0. The van der Waals surface area contributed by atoms with Crippen molar-refractivity contribution in [1.29, 1.82) is 0 Å². The minimum Gasteiger partial charge on any atom is -0.392 e. The van der Waals surface area contributed by atoms with Gasteiger partial charge >= 0.3 is 0 Å². The van der Waals surface area contributed by atoms with Gasteiger partial charge in [0.2, 0.25) is 0 Å². The number of hydrogen-bond donors (Lipinski definition) is 1. The number of aryl methyl sites for hydroxylation is 1. The molecule has 0 aromatic carbocycles. The number of aromatic nitrogens is 1. The van der Waals surface area contributed by atoms with E-state index in [1.807, 2.05) is 19.1 Å². The molecule has 4 heteroatoms. The molecular weight excluding hydrogens is 180 g/mol. The fourth-order valence-corrected chi connectivity index (χ4v) is 1.32. The highest BCUT2D eigenvalue weighted by atomic mass is 16.6. The Balaban J connectivity index is 2.13. The van der Waals surface area contributed by atoms with E-state index in [1.54, 1.807) is 6.20 Å². The van der Waals surface area contributed by atoms with Crippen LogP contribution in [-0.2, 0) is 4.84 Å². The van der Waals surface area contributed by atoms with Crippen molar-refractivity contribution in [3.63, 3.8) is 0 Å². The molecule has 1 aromatic heterocycles. The molecule has 0 aliphatic carbocycles. The summed E-state index contributed by atoms with van der Waals surface area (Å²) in [4.78, 5) is 9.23. The van der Waals surface area contributed by atoms with Gasteiger partial charge in [-0.2, -0.15) is 0 Å². The Morgan fingerprint density at radius 1 is 1.57 bits per heavy atom. The number of hydrogen-bond acceptors (Lipinski definition) is 4. The monoisotopic (exact) mass is 192 g/mol. The van der Waals surface area contributed by atoms with Crippen LogP contribution in [0, 0.1) is 6.92 Å². The molecule has 0 amide bonds. The summed E-state index contributed by atoms with van der Waals surface area (Å²) < 4.78 is 0. The van der Waals surface area contributed by atoms with Crippen molar-refractivity contribution in [2.45, 2.75) is 19.4 Å². The number of aliphatic hydroxyl groups excluding tert-OH is 1. The van der Waals surface area contributed by atoms with E-state index >= 15 is 0 Å². The first kappa shape index (κ1) is 9.15. The van der Waals surface area contributed by atoms with Gasteiger partial charge in [0.25, 0.3) is 0 Å². The van der Waals surface area contributed by atoms with Gasteiger partial charge in [0, 0.05) is 12.6 Å². The molecule has 2 heterocycles. The molecule has 1 aromatic rings. The standard InChI is InChI=1S/C10H12N2O2/c1-7-2-3-9(11-5-7)10-4-8(6-13)14-12-10/h2-3,5,8,13H,4,6H2,1H3. The van der Waals surface area contributed by atoms with E-state index in [1.165, 1.54) is 0 Å². The maximum absolute atomic E-state index is 8.86. The summed E-state index contributed by atoms with van der Waals surface area (Å²) in [6.07, 6.45) is 2.23. The number of nitrogens with zero attached hydrogens (tertiary/aromatic N) is 2. The third-order valence-electron chi connectivity index (χ3n) is 2.14. The lowest BCUT2D eigenvalue weighted by atomic mass is 10.1. The van der Waals surface area contributed by atoms with Crippen LogP contribution in [0.3, 0.4) is 0 Å². The van der Waals surface area contributed by atoms with E-state index in [2.05, 4.69) is 10.1 Å². The van der Waals surface area contributed by atoms with Gasteiger partial charge in [-0.1, -0.05) is 11.2 Å². The molecule has 4 nitrogen and oxygen atoms in total. The summed E-state index contributed by atoms with van der Waals surface area (Å²) in [5.41, 5.74) is 2.75. The summed E-state index contributed by atoms with van der Waals surface area (Å²) in [5.74, 6) is 0. The minimum atomic E-state index is -0.201. The predicted molar refractivity (Wildman–Crippen MR) is 52.1 cm³/mol. The molecule has 0 saturated heterocycles. The van der Waals surface area contributed by atoms with Crippen molar-refractivity contribution < 1.29 is 9.94 Å². The van der Waals surface area contributed by atoms with Gasteiger partial charge in [-0.3, -0.25) is 4.98 Å². The van der Waals surface area contributed by atoms with Crippen LogP contribution >= 0.6 is 0 Å². The molecule has 1 aliphatic rings. The van der Waals surface area contributed by atoms with Crippen LogP contribution in [0.25, 0.3) is 0 Å². The molecular formula is C10H12N2O2. The lowest BCUT2D eigenvalue weighted by molar-refractivity contribution is 0.0390. The quantitative estimate of drug-likeness (QED) is 0.756. The molecule has 74 valence electrons. The molecule has 0 radical (unpaired) electrons. The second-order valence-electron chi connectivity index (χ2n) is 3.37. The third kappa shape index (κ3) is 1.75. The molecule has 0 fully saturated rings. The van der Waals surface area contributed by atoms with Crippen molar-refractivity contribution in [1.82, 2.24) is 4.98 Å². The Bertz CT molecular complexity index is 346. The molecule has 0 spiro atoms. The Morgan fingerprint density at radius 3 is 3.00 bits per heavy atom. The second-order valence-corrected chi connectivity index (χ2v) is 3.37. The topological polar surface area (TPSA) is 54.7 Å². The first-order chi connectivity index (χ1) is 6.79. The van der Waals surface area contributed by atoms with Gasteiger partial charge in [-0.15, -0.1) is 0 Å². The van der Waals surface area contributed by atoms with E-state index < -0.39 is 0 Å². The van der Waals surface area contributed by atoms with Crippen molar-refractivity contribution in [3.8, 4) is 0 Å². The van der Waals surface area contributed by atoms with Crippen LogP contribution in [0.15, 0.2) is 23.5 Å².